The number of benzene rings is 1. The Balaban J connectivity index is 1.78. The number of aromatic nitrogens is 4. The fraction of sp³-hybridized carbons (Fsp3) is 0.320. The lowest BCUT2D eigenvalue weighted by Gasteiger charge is -2.24. The van der Waals surface area contributed by atoms with Crippen molar-refractivity contribution in [2.75, 3.05) is 24.5 Å². The molecule has 32 heavy (non-hydrogen) atoms. The second kappa shape index (κ2) is 9.54. The van der Waals surface area contributed by atoms with E-state index >= 15 is 0 Å². The van der Waals surface area contributed by atoms with E-state index in [1.54, 1.807) is 6.20 Å². The maximum Gasteiger partial charge on any atom is 0.0982 e. The predicted molar refractivity (Wildman–Crippen MR) is 143 cm³/mol. The van der Waals surface area contributed by atoms with Crippen molar-refractivity contribution >= 4 is 48.6 Å². The first kappa shape index (κ1) is 23.3. The SMILES string of the molecule is Cc1ccc(Cl)cc1-c1ncn(CCCCS(C)(C)C)c1-c1ccc2ncc(Br)cc2n1. The third-order valence-electron chi connectivity index (χ3n) is 5.44. The number of fused-ring (bicyclic) bond motifs is 1. The quantitative estimate of drug-likeness (QED) is 0.234. The van der Waals surface area contributed by atoms with E-state index in [1.807, 2.05) is 42.7 Å². The molecule has 0 radical (unpaired) electrons. The Labute approximate surface area is 204 Å². The summed E-state index contributed by atoms with van der Waals surface area (Å²) in [7, 11) is -0.481. The molecule has 0 atom stereocenters. The van der Waals surface area contributed by atoms with Gasteiger partial charge in [-0.2, -0.15) is 0 Å². The Bertz CT molecular complexity index is 1260. The van der Waals surface area contributed by atoms with Crippen LogP contribution < -0.4 is 0 Å². The summed E-state index contributed by atoms with van der Waals surface area (Å²) in [5.74, 6) is 1.28. The standard InChI is InChI=1S/C25H28BrClN4S/c1-17-7-8-19(27)14-20(17)24-25(31(16-29-24)11-5-6-12-32(2,3)4)22-10-9-21-23(30-22)13-18(26)15-28-21/h7-10,13-16H,5-6,11-12H2,1-4H3. The van der Waals surface area contributed by atoms with Crippen LogP contribution in [0.1, 0.15) is 18.4 Å². The molecule has 3 heterocycles. The van der Waals surface area contributed by atoms with Gasteiger partial charge in [-0.1, -0.05) is 17.7 Å². The van der Waals surface area contributed by atoms with Gasteiger partial charge in [0.05, 0.1) is 34.4 Å². The van der Waals surface area contributed by atoms with E-state index in [9.17, 15) is 0 Å². The van der Waals surface area contributed by atoms with Crippen molar-refractivity contribution in [1.29, 1.82) is 0 Å². The van der Waals surface area contributed by atoms with Crippen molar-refractivity contribution in [3.63, 3.8) is 0 Å². The van der Waals surface area contributed by atoms with Gasteiger partial charge < -0.3 is 4.57 Å². The number of hydrogen-bond donors (Lipinski definition) is 0. The molecule has 0 unspecified atom stereocenters. The van der Waals surface area contributed by atoms with Gasteiger partial charge >= 0.3 is 0 Å². The highest BCUT2D eigenvalue weighted by Gasteiger charge is 2.19. The van der Waals surface area contributed by atoms with E-state index < -0.39 is 10.0 Å². The molecular formula is C25H28BrClN4S. The Morgan fingerprint density at radius 2 is 1.81 bits per heavy atom. The highest BCUT2D eigenvalue weighted by Crippen LogP contribution is 2.37. The maximum atomic E-state index is 6.35. The van der Waals surface area contributed by atoms with Crippen molar-refractivity contribution in [3.8, 4) is 22.6 Å². The molecule has 0 saturated carbocycles. The smallest absolute Gasteiger partial charge is 0.0982 e. The van der Waals surface area contributed by atoms with Crippen LogP contribution in [0.4, 0.5) is 0 Å². The zero-order chi connectivity index (χ0) is 22.9. The number of halogens is 2. The number of nitrogens with zero attached hydrogens (tertiary/aromatic N) is 4. The maximum absolute atomic E-state index is 6.35. The van der Waals surface area contributed by atoms with E-state index in [-0.39, 0.29) is 0 Å². The number of aryl methyl sites for hydroxylation is 2. The molecular weight excluding hydrogens is 504 g/mol. The fourth-order valence-electron chi connectivity index (χ4n) is 3.80. The molecule has 0 spiro atoms. The first-order valence-electron chi connectivity index (χ1n) is 10.6. The van der Waals surface area contributed by atoms with E-state index in [4.69, 9.17) is 21.6 Å². The number of imidazole rings is 1. The largest absolute Gasteiger partial charge is 0.329 e. The molecule has 0 aliphatic carbocycles. The lowest BCUT2D eigenvalue weighted by molar-refractivity contribution is 0.638. The fourth-order valence-corrected chi connectivity index (χ4v) is 5.36. The minimum absolute atomic E-state index is 0.481. The van der Waals surface area contributed by atoms with E-state index in [0.717, 1.165) is 56.7 Å². The van der Waals surface area contributed by atoms with Crippen molar-refractivity contribution in [3.05, 3.63) is 64.0 Å². The van der Waals surface area contributed by atoms with Crippen molar-refractivity contribution < 1.29 is 0 Å². The molecule has 3 aromatic heterocycles. The van der Waals surface area contributed by atoms with Gasteiger partial charge in [0.25, 0.3) is 0 Å². The van der Waals surface area contributed by atoms with Crippen molar-refractivity contribution in [2.24, 2.45) is 0 Å². The van der Waals surface area contributed by atoms with Crippen LogP contribution in [0.5, 0.6) is 0 Å². The van der Waals surface area contributed by atoms with Crippen LogP contribution in [-0.4, -0.2) is 44.0 Å². The Morgan fingerprint density at radius 1 is 1.00 bits per heavy atom. The number of pyridine rings is 2. The van der Waals surface area contributed by atoms with Crippen LogP contribution >= 0.6 is 37.6 Å². The topological polar surface area (TPSA) is 43.6 Å². The van der Waals surface area contributed by atoms with Crippen molar-refractivity contribution in [2.45, 2.75) is 26.3 Å². The second-order valence-corrected chi connectivity index (χ2v) is 14.9. The first-order chi connectivity index (χ1) is 15.2. The van der Waals surface area contributed by atoms with Crippen LogP contribution in [0.25, 0.3) is 33.7 Å². The van der Waals surface area contributed by atoms with Gasteiger partial charge in [0, 0.05) is 27.8 Å². The summed E-state index contributed by atoms with van der Waals surface area (Å²) in [4.78, 5) is 14.3. The van der Waals surface area contributed by atoms with E-state index in [2.05, 4.69) is 51.2 Å². The summed E-state index contributed by atoms with van der Waals surface area (Å²) in [5.41, 5.74) is 6.75. The number of unbranched alkanes of at least 4 members (excludes halogenated alkanes) is 1. The molecule has 4 aromatic rings. The molecule has 0 fully saturated rings. The lowest BCUT2D eigenvalue weighted by atomic mass is 10.0. The molecule has 0 saturated heterocycles. The van der Waals surface area contributed by atoms with Gasteiger partial charge in [-0.25, -0.2) is 20.0 Å². The van der Waals surface area contributed by atoms with Crippen LogP contribution in [0.3, 0.4) is 0 Å². The molecule has 7 heteroatoms. The van der Waals surface area contributed by atoms with Crippen molar-refractivity contribution in [1.82, 2.24) is 19.5 Å². The predicted octanol–water partition coefficient (Wildman–Crippen LogP) is 7.36. The Hall–Kier alpha value is -1.89. The van der Waals surface area contributed by atoms with Gasteiger partial charge in [-0.05, 0) is 96.1 Å². The van der Waals surface area contributed by atoms with Gasteiger partial charge in [0.1, 0.15) is 0 Å². The van der Waals surface area contributed by atoms with E-state index in [1.165, 1.54) is 12.2 Å². The third kappa shape index (κ3) is 5.36. The molecule has 0 amide bonds. The minimum Gasteiger partial charge on any atom is -0.329 e. The van der Waals surface area contributed by atoms with Gasteiger partial charge in [0.15, 0.2) is 0 Å². The summed E-state index contributed by atoms with van der Waals surface area (Å²) in [6, 6.07) is 12.0. The van der Waals surface area contributed by atoms with Crippen LogP contribution in [0, 0.1) is 6.92 Å². The molecule has 4 rings (SSSR count). The third-order valence-corrected chi connectivity index (χ3v) is 7.63. The van der Waals surface area contributed by atoms with Gasteiger partial charge in [-0.3, -0.25) is 4.98 Å². The number of rotatable bonds is 7. The molecule has 0 N–H and O–H groups in total. The first-order valence-corrected chi connectivity index (χ1v) is 14.8. The molecule has 4 nitrogen and oxygen atoms in total. The highest BCUT2D eigenvalue weighted by molar-refractivity contribution is 9.10. The molecule has 0 bridgehead atoms. The highest BCUT2D eigenvalue weighted by atomic mass is 79.9. The molecule has 0 aliphatic heterocycles. The summed E-state index contributed by atoms with van der Waals surface area (Å²) in [6.07, 6.45) is 13.2. The van der Waals surface area contributed by atoms with Gasteiger partial charge in [0.2, 0.25) is 0 Å². The Morgan fingerprint density at radius 3 is 2.59 bits per heavy atom. The average Bonchev–Trinajstić information content (AvgIpc) is 3.15. The normalized spacial score (nSPS) is 12.4. The molecule has 168 valence electrons. The zero-order valence-corrected chi connectivity index (χ0v) is 22.1. The summed E-state index contributed by atoms with van der Waals surface area (Å²) in [5, 5.41) is 0.707. The number of hydrogen-bond acceptors (Lipinski definition) is 3. The van der Waals surface area contributed by atoms with Gasteiger partial charge in [-0.15, -0.1) is 0 Å². The monoisotopic (exact) mass is 530 g/mol. The lowest BCUT2D eigenvalue weighted by Crippen LogP contribution is -2.04. The average molecular weight is 532 g/mol. The summed E-state index contributed by atoms with van der Waals surface area (Å²) >= 11 is 9.87. The van der Waals surface area contributed by atoms with Crippen LogP contribution in [-0.2, 0) is 6.54 Å². The second-order valence-electron chi connectivity index (χ2n) is 8.98. The molecule has 0 aliphatic rings. The minimum atomic E-state index is -0.481. The van der Waals surface area contributed by atoms with Crippen LogP contribution in [0.15, 0.2) is 53.4 Å². The van der Waals surface area contributed by atoms with Crippen LogP contribution in [0.2, 0.25) is 5.02 Å². The summed E-state index contributed by atoms with van der Waals surface area (Å²) in [6.45, 7) is 3.00. The molecule has 1 aromatic carbocycles. The zero-order valence-electron chi connectivity index (χ0n) is 18.9. The van der Waals surface area contributed by atoms with E-state index in [0.29, 0.717) is 5.02 Å². The Kier molecular flexibility index (Phi) is 6.94. The summed E-state index contributed by atoms with van der Waals surface area (Å²) < 4.78 is 3.16.